The molecule has 0 atom stereocenters. The molecule has 0 bridgehead atoms. The summed E-state index contributed by atoms with van der Waals surface area (Å²) in [5, 5.41) is 10.7. The standard InChI is InChI=1S/C25H32O5/c1-5-6-7-8-16-28-21-14-10-13-20-23(21)30-25(27)22(26)24(20)29-17-15-19(4)12-9-11-18(2)3/h6-7,10-11,13-15,26H,5,8-9,12,16-17H2,1-4H3/b7-6+,19-15+. The van der Waals surface area contributed by atoms with Crippen molar-refractivity contribution >= 4 is 11.0 Å². The third-order valence-corrected chi connectivity index (χ3v) is 4.52. The Kier molecular flexibility index (Phi) is 9.26. The van der Waals surface area contributed by atoms with Crippen molar-refractivity contribution in [2.24, 2.45) is 0 Å². The first-order chi connectivity index (χ1) is 14.4. The third kappa shape index (κ3) is 6.83. The number of para-hydroxylation sites is 1. The summed E-state index contributed by atoms with van der Waals surface area (Å²) < 4.78 is 16.9. The predicted octanol–water partition coefficient (Wildman–Crippen LogP) is 6.31. The van der Waals surface area contributed by atoms with Crippen LogP contribution in [0.4, 0.5) is 0 Å². The van der Waals surface area contributed by atoms with Crippen LogP contribution in [0.1, 0.15) is 53.4 Å². The molecular weight excluding hydrogens is 380 g/mol. The molecule has 0 saturated carbocycles. The minimum atomic E-state index is -0.844. The fourth-order valence-electron chi connectivity index (χ4n) is 2.90. The van der Waals surface area contributed by atoms with Crippen molar-refractivity contribution in [1.29, 1.82) is 0 Å². The van der Waals surface area contributed by atoms with E-state index in [1.165, 1.54) is 11.1 Å². The highest BCUT2D eigenvalue weighted by atomic mass is 16.5. The highest BCUT2D eigenvalue weighted by Crippen LogP contribution is 2.36. The second kappa shape index (κ2) is 11.9. The van der Waals surface area contributed by atoms with Gasteiger partial charge in [-0.05, 0) is 64.7 Å². The van der Waals surface area contributed by atoms with E-state index in [2.05, 4.69) is 32.9 Å². The van der Waals surface area contributed by atoms with Gasteiger partial charge in [-0.1, -0.05) is 42.4 Å². The molecule has 1 aromatic heterocycles. The lowest BCUT2D eigenvalue weighted by atomic mass is 10.1. The second-order valence-corrected chi connectivity index (χ2v) is 7.40. The summed E-state index contributed by atoms with van der Waals surface area (Å²) in [6.45, 7) is 8.99. The summed E-state index contributed by atoms with van der Waals surface area (Å²) in [7, 11) is 0. The average molecular weight is 413 g/mol. The number of ether oxygens (including phenoxy) is 2. The summed E-state index contributed by atoms with van der Waals surface area (Å²) >= 11 is 0. The highest BCUT2D eigenvalue weighted by Gasteiger charge is 2.17. The molecule has 0 aliphatic carbocycles. The van der Waals surface area contributed by atoms with Crippen molar-refractivity contribution in [3.05, 3.63) is 64.1 Å². The fourth-order valence-corrected chi connectivity index (χ4v) is 2.90. The van der Waals surface area contributed by atoms with E-state index in [1.807, 2.05) is 19.1 Å². The lowest BCUT2D eigenvalue weighted by Crippen LogP contribution is -2.05. The van der Waals surface area contributed by atoms with Gasteiger partial charge in [0.05, 0.1) is 12.0 Å². The van der Waals surface area contributed by atoms with Crippen molar-refractivity contribution in [3.63, 3.8) is 0 Å². The maximum Gasteiger partial charge on any atom is 0.382 e. The molecule has 30 heavy (non-hydrogen) atoms. The molecule has 1 N–H and O–H groups in total. The minimum absolute atomic E-state index is 0.117. The summed E-state index contributed by atoms with van der Waals surface area (Å²) in [6.07, 6.45) is 11.9. The first-order valence-corrected chi connectivity index (χ1v) is 10.4. The number of hydrogen-bond donors (Lipinski definition) is 1. The van der Waals surface area contributed by atoms with E-state index < -0.39 is 11.4 Å². The Hall–Kier alpha value is -2.95. The van der Waals surface area contributed by atoms with Gasteiger partial charge >= 0.3 is 5.63 Å². The Morgan fingerprint density at radius 1 is 1.10 bits per heavy atom. The lowest BCUT2D eigenvalue weighted by molar-refractivity contribution is 0.313. The molecule has 5 nitrogen and oxygen atoms in total. The van der Waals surface area contributed by atoms with Crippen molar-refractivity contribution in [1.82, 2.24) is 0 Å². The molecule has 0 aliphatic heterocycles. The van der Waals surface area contributed by atoms with Crippen LogP contribution in [0.3, 0.4) is 0 Å². The molecule has 0 saturated heterocycles. The SMILES string of the molecule is CC/C=C/CCOc1cccc2c(OC/C=C(\C)CCC=C(C)C)c(O)c(=O)oc12. The van der Waals surface area contributed by atoms with E-state index in [4.69, 9.17) is 13.9 Å². The molecule has 2 aromatic rings. The lowest BCUT2D eigenvalue weighted by Gasteiger charge is -2.12. The summed E-state index contributed by atoms with van der Waals surface area (Å²) in [5.41, 5.74) is 1.91. The normalized spacial score (nSPS) is 11.8. The monoisotopic (exact) mass is 412 g/mol. The van der Waals surface area contributed by atoms with Crippen LogP contribution in [0.2, 0.25) is 0 Å². The molecule has 0 fully saturated rings. The van der Waals surface area contributed by atoms with Crippen molar-refractivity contribution in [2.75, 3.05) is 13.2 Å². The van der Waals surface area contributed by atoms with Crippen molar-refractivity contribution < 1.29 is 19.0 Å². The molecule has 0 aliphatic rings. The molecule has 0 radical (unpaired) electrons. The third-order valence-electron chi connectivity index (χ3n) is 4.52. The first-order valence-electron chi connectivity index (χ1n) is 10.4. The number of hydrogen-bond acceptors (Lipinski definition) is 5. The first kappa shape index (κ1) is 23.3. The molecule has 0 spiro atoms. The molecular formula is C25H32O5. The van der Waals surface area contributed by atoms with Gasteiger partial charge in [-0.15, -0.1) is 0 Å². The zero-order valence-electron chi connectivity index (χ0n) is 18.4. The Bertz CT molecular complexity index is 975. The van der Waals surface area contributed by atoms with E-state index >= 15 is 0 Å². The quantitative estimate of drug-likeness (QED) is 0.266. The van der Waals surface area contributed by atoms with Crippen LogP contribution in [-0.2, 0) is 0 Å². The van der Waals surface area contributed by atoms with E-state index in [1.54, 1.807) is 18.2 Å². The smallest absolute Gasteiger partial charge is 0.382 e. The van der Waals surface area contributed by atoms with Gasteiger partial charge in [-0.25, -0.2) is 4.79 Å². The van der Waals surface area contributed by atoms with Crippen LogP contribution in [-0.4, -0.2) is 18.3 Å². The Morgan fingerprint density at radius 2 is 1.90 bits per heavy atom. The average Bonchev–Trinajstić information content (AvgIpc) is 2.70. The zero-order valence-corrected chi connectivity index (χ0v) is 18.4. The maximum absolute atomic E-state index is 12.1. The number of aromatic hydroxyl groups is 1. The van der Waals surface area contributed by atoms with E-state index in [0.29, 0.717) is 17.7 Å². The number of rotatable bonds is 11. The molecule has 5 heteroatoms. The predicted molar refractivity (Wildman–Crippen MR) is 122 cm³/mol. The molecule has 0 unspecified atom stereocenters. The van der Waals surface area contributed by atoms with Crippen molar-refractivity contribution in [3.8, 4) is 17.2 Å². The molecule has 1 heterocycles. The molecule has 2 rings (SSSR count). The summed E-state index contributed by atoms with van der Waals surface area (Å²) in [6, 6.07) is 5.26. The van der Waals surface area contributed by atoms with Gasteiger partial charge < -0.3 is 19.0 Å². The fraction of sp³-hybridized carbons (Fsp3) is 0.400. The van der Waals surface area contributed by atoms with Crippen LogP contribution in [0.15, 0.2) is 62.9 Å². The van der Waals surface area contributed by atoms with Crippen LogP contribution in [0.5, 0.6) is 17.2 Å². The van der Waals surface area contributed by atoms with E-state index in [9.17, 15) is 9.90 Å². The van der Waals surface area contributed by atoms with Gasteiger partial charge in [0, 0.05) is 0 Å². The second-order valence-electron chi connectivity index (χ2n) is 7.40. The van der Waals surface area contributed by atoms with Gasteiger partial charge in [-0.2, -0.15) is 0 Å². The molecule has 1 aromatic carbocycles. The summed E-state index contributed by atoms with van der Waals surface area (Å²) in [5.74, 6) is 0.0415. The maximum atomic E-state index is 12.1. The summed E-state index contributed by atoms with van der Waals surface area (Å²) in [4.78, 5) is 12.1. The number of benzene rings is 1. The van der Waals surface area contributed by atoms with Gasteiger partial charge in [0.15, 0.2) is 17.1 Å². The topological polar surface area (TPSA) is 68.9 Å². The van der Waals surface area contributed by atoms with Crippen molar-refractivity contribution in [2.45, 2.75) is 53.4 Å². The minimum Gasteiger partial charge on any atom is -0.499 e. The van der Waals surface area contributed by atoms with Gasteiger partial charge in [0.1, 0.15) is 6.61 Å². The zero-order chi connectivity index (χ0) is 21.9. The van der Waals surface area contributed by atoms with Crippen LogP contribution in [0, 0.1) is 0 Å². The van der Waals surface area contributed by atoms with Crippen LogP contribution >= 0.6 is 0 Å². The Morgan fingerprint density at radius 3 is 2.63 bits per heavy atom. The number of allylic oxidation sites excluding steroid dienone is 4. The Balaban J connectivity index is 2.18. The van der Waals surface area contributed by atoms with E-state index in [0.717, 1.165) is 25.7 Å². The number of fused-ring (bicyclic) bond motifs is 1. The van der Waals surface area contributed by atoms with Gasteiger partial charge in [-0.3, -0.25) is 0 Å². The highest BCUT2D eigenvalue weighted by molar-refractivity contribution is 5.89. The van der Waals surface area contributed by atoms with Gasteiger partial charge in [0.25, 0.3) is 0 Å². The molecule has 0 amide bonds. The van der Waals surface area contributed by atoms with Gasteiger partial charge in [0.2, 0.25) is 5.75 Å². The molecule has 162 valence electrons. The van der Waals surface area contributed by atoms with Crippen LogP contribution in [0.25, 0.3) is 11.0 Å². The van der Waals surface area contributed by atoms with E-state index in [-0.39, 0.29) is 17.9 Å². The van der Waals surface area contributed by atoms with Crippen LogP contribution < -0.4 is 15.1 Å². The Labute approximate surface area is 178 Å². The largest absolute Gasteiger partial charge is 0.499 e.